The molecule has 7 heteroatoms. The second-order valence-electron chi connectivity index (χ2n) is 6.24. The van der Waals surface area contributed by atoms with E-state index in [1.54, 1.807) is 25.1 Å². The average Bonchev–Trinajstić information content (AvgIpc) is 3.13. The molecule has 0 unspecified atom stereocenters. The molecule has 6 nitrogen and oxygen atoms in total. The summed E-state index contributed by atoms with van der Waals surface area (Å²) in [5.41, 5.74) is 2.92. The number of nitrogens with zero attached hydrogens (tertiary/aromatic N) is 1. The highest BCUT2D eigenvalue weighted by atomic mass is 35.5. The summed E-state index contributed by atoms with van der Waals surface area (Å²) in [7, 11) is 0. The molecule has 3 aromatic rings. The minimum Gasteiger partial charge on any atom is -0.457 e. The fourth-order valence-electron chi connectivity index (χ4n) is 2.58. The zero-order valence-electron chi connectivity index (χ0n) is 15.2. The number of rotatable bonds is 5. The van der Waals surface area contributed by atoms with Gasteiger partial charge in [0.05, 0.1) is 4.92 Å². The quantitative estimate of drug-likeness (QED) is 0.336. The van der Waals surface area contributed by atoms with Crippen LogP contribution in [0.5, 0.6) is 0 Å². The van der Waals surface area contributed by atoms with Crippen LogP contribution in [0.4, 0.5) is 11.4 Å². The normalized spacial score (nSPS) is 11.0. The molecule has 3 rings (SSSR count). The van der Waals surface area contributed by atoms with Crippen molar-refractivity contribution in [3.05, 3.63) is 86.6 Å². The number of benzene rings is 2. The molecule has 0 saturated heterocycles. The molecule has 28 heavy (non-hydrogen) atoms. The van der Waals surface area contributed by atoms with Gasteiger partial charge in [-0.15, -0.1) is 0 Å². The number of nitro benzene ring substituents is 1. The molecule has 1 amide bonds. The van der Waals surface area contributed by atoms with Crippen molar-refractivity contribution in [2.45, 2.75) is 13.8 Å². The lowest BCUT2D eigenvalue weighted by Gasteiger charge is -2.05. The Morgan fingerprint density at radius 1 is 1.11 bits per heavy atom. The van der Waals surface area contributed by atoms with Crippen molar-refractivity contribution in [3.63, 3.8) is 0 Å². The summed E-state index contributed by atoms with van der Waals surface area (Å²) in [6, 6.07) is 13.5. The summed E-state index contributed by atoms with van der Waals surface area (Å²) in [5, 5.41) is 14.1. The molecule has 0 aliphatic heterocycles. The number of amides is 1. The summed E-state index contributed by atoms with van der Waals surface area (Å²) >= 11 is 6.14. The van der Waals surface area contributed by atoms with Gasteiger partial charge in [0.25, 0.3) is 5.69 Å². The zero-order chi connectivity index (χ0) is 20.3. The first-order valence-corrected chi connectivity index (χ1v) is 8.82. The van der Waals surface area contributed by atoms with Crippen LogP contribution in [0, 0.1) is 24.0 Å². The summed E-state index contributed by atoms with van der Waals surface area (Å²) < 4.78 is 5.73. The Hall–Kier alpha value is -3.38. The number of aryl methyl sites for hydroxylation is 2. The first-order chi connectivity index (χ1) is 13.3. The number of nitrogens with one attached hydrogen (secondary N) is 1. The Morgan fingerprint density at radius 2 is 1.89 bits per heavy atom. The van der Waals surface area contributed by atoms with Crippen LogP contribution in [0.2, 0.25) is 5.02 Å². The molecular weight excluding hydrogens is 380 g/mol. The SMILES string of the molecule is Cc1ccc(-c2ccc(/C=C/C(=O)Nc3ccc([N+](=O)[O-])cc3C)o2)cc1Cl. The van der Waals surface area contributed by atoms with Crippen LogP contribution in [0.3, 0.4) is 0 Å². The van der Waals surface area contributed by atoms with Crippen molar-refractivity contribution in [1.82, 2.24) is 0 Å². The number of non-ortho nitro benzene ring substituents is 1. The van der Waals surface area contributed by atoms with E-state index in [0.29, 0.717) is 27.8 Å². The van der Waals surface area contributed by atoms with Crippen LogP contribution in [0.1, 0.15) is 16.9 Å². The van der Waals surface area contributed by atoms with E-state index in [0.717, 1.165) is 11.1 Å². The minimum atomic E-state index is -0.478. The van der Waals surface area contributed by atoms with E-state index in [9.17, 15) is 14.9 Å². The topological polar surface area (TPSA) is 85.4 Å². The number of halogens is 1. The second kappa shape index (κ2) is 8.10. The predicted molar refractivity (Wildman–Crippen MR) is 109 cm³/mol. The van der Waals surface area contributed by atoms with Crippen LogP contribution in [-0.4, -0.2) is 10.8 Å². The first kappa shape index (κ1) is 19.4. The molecular formula is C21H17ClN2O4. The third-order valence-electron chi connectivity index (χ3n) is 4.16. The van der Waals surface area contributed by atoms with E-state index in [-0.39, 0.29) is 11.6 Å². The fraction of sp³-hybridized carbons (Fsp3) is 0.0952. The Bertz CT molecular complexity index is 1090. The van der Waals surface area contributed by atoms with E-state index in [4.69, 9.17) is 16.0 Å². The number of hydrogen-bond acceptors (Lipinski definition) is 4. The van der Waals surface area contributed by atoms with Gasteiger partial charge in [-0.3, -0.25) is 14.9 Å². The van der Waals surface area contributed by atoms with E-state index in [2.05, 4.69) is 5.32 Å². The van der Waals surface area contributed by atoms with E-state index in [1.807, 2.05) is 25.1 Å². The highest BCUT2D eigenvalue weighted by Crippen LogP contribution is 2.27. The van der Waals surface area contributed by atoms with Gasteiger partial charge < -0.3 is 9.73 Å². The average molecular weight is 397 g/mol. The predicted octanol–water partition coefficient (Wildman–Crippen LogP) is 5.78. The molecule has 1 heterocycles. The molecule has 1 N–H and O–H groups in total. The molecule has 2 aromatic carbocycles. The Morgan fingerprint density at radius 3 is 2.57 bits per heavy atom. The van der Waals surface area contributed by atoms with Gasteiger partial charge in [0.2, 0.25) is 5.91 Å². The zero-order valence-corrected chi connectivity index (χ0v) is 16.0. The lowest BCUT2D eigenvalue weighted by molar-refractivity contribution is -0.384. The third kappa shape index (κ3) is 4.47. The minimum absolute atomic E-state index is 0.0228. The maximum atomic E-state index is 12.1. The fourth-order valence-corrected chi connectivity index (χ4v) is 2.76. The number of furan rings is 1. The summed E-state index contributed by atoms with van der Waals surface area (Å²) in [6.45, 7) is 3.62. The standard InChI is InChI=1S/C21H17ClN2O4/c1-13-3-4-15(12-18(13)22)20-9-6-17(28-20)7-10-21(25)23-19-8-5-16(24(26)27)11-14(19)2/h3-12H,1-2H3,(H,23,25)/b10-7+. The molecule has 0 bridgehead atoms. The van der Waals surface area contributed by atoms with Gasteiger partial charge in [0.15, 0.2) is 0 Å². The molecule has 0 aliphatic rings. The van der Waals surface area contributed by atoms with Crippen LogP contribution in [-0.2, 0) is 4.79 Å². The number of nitro groups is 1. The van der Waals surface area contributed by atoms with Crippen molar-refractivity contribution in [2.24, 2.45) is 0 Å². The van der Waals surface area contributed by atoms with Crippen LogP contribution in [0.25, 0.3) is 17.4 Å². The van der Waals surface area contributed by atoms with E-state index in [1.165, 1.54) is 24.3 Å². The lowest BCUT2D eigenvalue weighted by Crippen LogP contribution is -2.09. The van der Waals surface area contributed by atoms with Gasteiger partial charge in [-0.2, -0.15) is 0 Å². The van der Waals surface area contributed by atoms with Crippen LogP contribution < -0.4 is 5.32 Å². The van der Waals surface area contributed by atoms with Crippen molar-refractivity contribution < 1.29 is 14.1 Å². The molecule has 0 atom stereocenters. The molecule has 142 valence electrons. The summed E-state index contributed by atoms with van der Waals surface area (Å²) in [6.07, 6.45) is 2.89. The highest BCUT2D eigenvalue weighted by molar-refractivity contribution is 6.31. The highest BCUT2D eigenvalue weighted by Gasteiger charge is 2.09. The summed E-state index contributed by atoms with van der Waals surface area (Å²) in [4.78, 5) is 22.4. The molecule has 0 radical (unpaired) electrons. The van der Waals surface area contributed by atoms with Crippen molar-refractivity contribution in [1.29, 1.82) is 0 Å². The molecule has 0 aliphatic carbocycles. The van der Waals surface area contributed by atoms with Crippen LogP contribution >= 0.6 is 11.6 Å². The van der Waals surface area contributed by atoms with E-state index >= 15 is 0 Å². The Labute approximate surface area is 166 Å². The Kier molecular flexibility index (Phi) is 5.61. The maximum absolute atomic E-state index is 12.1. The largest absolute Gasteiger partial charge is 0.457 e. The van der Waals surface area contributed by atoms with Gasteiger partial charge in [0.1, 0.15) is 11.5 Å². The van der Waals surface area contributed by atoms with Gasteiger partial charge in [-0.1, -0.05) is 23.7 Å². The molecule has 0 spiro atoms. The van der Waals surface area contributed by atoms with Gasteiger partial charge in [-0.25, -0.2) is 0 Å². The van der Waals surface area contributed by atoms with Gasteiger partial charge in [0, 0.05) is 34.5 Å². The second-order valence-corrected chi connectivity index (χ2v) is 6.65. The van der Waals surface area contributed by atoms with E-state index < -0.39 is 4.92 Å². The van der Waals surface area contributed by atoms with Gasteiger partial charge >= 0.3 is 0 Å². The molecule has 0 fully saturated rings. The number of carbonyl (C=O) groups is 1. The molecule has 0 saturated carbocycles. The number of anilines is 1. The lowest BCUT2D eigenvalue weighted by atomic mass is 10.1. The number of hydrogen-bond donors (Lipinski definition) is 1. The maximum Gasteiger partial charge on any atom is 0.269 e. The van der Waals surface area contributed by atoms with Crippen molar-refractivity contribution in [3.8, 4) is 11.3 Å². The molecule has 1 aromatic heterocycles. The van der Waals surface area contributed by atoms with Crippen molar-refractivity contribution >= 4 is 35.0 Å². The third-order valence-corrected chi connectivity index (χ3v) is 4.57. The Balaban J connectivity index is 1.69. The summed E-state index contributed by atoms with van der Waals surface area (Å²) in [5.74, 6) is 0.795. The first-order valence-electron chi connectivity index (χ1n) is 8.44. The monoisotopic (exact) mass is 396 g/mol. The van der Waals surface area contributed by atoms with Gasteiger partial charge in [-0.05, 0) is 55.3 Å². The van der Waals surface area contributed by atoms with Crippen LogP contribution in [0.15, 0.2) is 59.0 Å². The van der Waals surface area contributed by atoms with Crippen molar-refractivity contribution in [2.75, 3.05) is 5.32 Å². The smallest absolute Gasteiger partial charge is 0.269 e. The number of carbonyl (C=O) groups excluding carboxylic acids is 1.